The first-order valence-electron chi connectivity index (χ1n) is 5.64. The van der Waals surface area contributed by atoms with Crippen LogP contribution in [-0.2, 0) is 4.79 Å². The predicted octanol–water partition coefficient (Wildman–Crippen LogP) is 3.22. The van der Waals surface area contributed by atoms with E-state index in [1.165, 1.54) is 0 Å². The lowest BCUT2D eigenvalue weighted by Gasteiger charge is -2.17. The minimum Gasteiger partial charge on any atom is -0.310 e. The lowest BCUT2D eigenvalue weighted by molar-refractivity contribution is -0.123. The molecule has 0 fully saturated rings. The third-order valence-electron chi connectivity index (χ3n) is 2.59. The number of nitrogens with one attached hydrogen (secondary N) is 1. The van der Waals surface area contributed by atoms with Crippen LogP contribution in [0.25, 0.3) is 10.8 Å². The fourth-order valence-corrected chi connectivity index (χ4v) is 1.51. The van der Waals surface area contributed by atoms with Crippen LogP contribution in [0.15, 0.2) is 36.5 Å². The topological polar surface area (TPSA) is 42.0 Å². The maximum absolute atomic E-state index is 11.9. The highest BCUT2D eigenvalue weighted by Crippen LogP contribution is 2.23. The maximum Gasteiger partial charge on any atom is 0.230 e. The van der Waals surface area contributed by atoms with Crippen molar-refractivity contribution in [2.45, 2.75) is 20.8 Å². The zero-order valence-corrected chi connectivity index (χ0v) is 10.3. The van der Waals surface area contributed by atoms with E-state index in [1.807, 2.05) is 51.1 Å². The summed E-state index contributed by atoms with van der Waals surface area (Å²) in [6, 6.07) is 9.81. The highest BCUT2D eigenvalue weighted by atomic mass is 16.2. The average Bonchev–Trinajstić information content (AvgIpc) is 2.28. The Morgan fingerprint density at radius 1 is 1.18 bits per heavy atom. The van der Waals surface area contributed by atoms with E-state index in [4.69, 9.17) is 0 Å². The van der Waals surface area contributed by atoms with Crippen molar-refractivity contribution in [2.75, 3.05) is 5.32 Å². The Labute approximate surface area is 101 Å². The van der Waals surface area contributed by atoms with Crippen molar-refractivity contribution < 1.29 is 4.79 Å². The summed E-state index contributed by atoms with van der Waals surface area (Å²) < 4.78 is 0. The average molecular weight is 228 g/mol. The molecule has 3 heteroatoms. The summed E-state index contributed by atoms with van der Waals surface area (Å²) >= 11 is 0. The van der Waals surface area contributed by atoms with Crippen LogP contribution in [0.2, 0.25) is 0 Å². The Morgan fingerprint density at radius 3 is 2.59 bits per heavy atom. The standard InChI is InChI=1S/C14H16N2O/c1-14(2,3)13(17)16-12-11-7-5-4-6-10(11)8-9-15-12/h4-9H,1-3H3,(H,15,16,17). The lowest BCUT2D eigenvalue weighted by Crippen LogP contribution is -2.28. The molecule has 17 heavy (non-hydrogen) atoms. The van der Waals surface area contributed by atoms with Crippen molar-refractivity contribution in [3.63, 3.8) is 0 Å². The normalized spacial score (nSPS) is 11.5. The van der Waals surface area contributed by atoms with Gasteiger partial charge in [0, 0.05) is 17.0 Å². The van der Waals surface area contributed by atoms with Gasteiger partial charge in [0.1, 0.15) is 5.82 Å². The fraction of sp³-hybridized carbons (Fsp3) is 0.286. The molecule has 2 rings (SSSR count). The first kappa shape index (κ1) is 11.6. The van der Waals surface area contributed by atoms with Crippen LogP contribution in [0.1, 0.15) is 20.8 Å². The summed E-state index contributed by atoms with van der Waals surface area (Å²) in [6.07, 6.45) is 1.71. The molecule has 0 saturated heterocycles. The van der Waals surface area contributed by atoms with Crippen molar-refractivity contribution in [3.8, 4) is 0 Å². The van der Waals surface area contributed by atoms with Crippen LogP contribution in [0.3, 0.4) is 0 Å². The van der Waals surface area contributed by atoms with Gasteiger partial charge in [-0.1, -0.05) is 45.0 Å². The molecule has 1 heterocycles. The van der Waals surface area contributed by atoms with Crippen molar-refractivity contribution in [3.05, 3.63) is 36.5 Å². The first-order valence-corrected chi connectivity index (χ1v) is 5.64. The number of carbonyl (C=O) groups is 1. The number of anilines is 1. The Kier molecular flexibility index (Phi) is 2.84. The molecule has 0 aliphatic rings. The smallest absolute Gasteiger partial charge is 0.230 e. The number of carbonyl (C=O) groups excluding carboxylic acids is 1. The van der Waals surface area contributed by atoms with E-state index in [1.54, 1.807) is 6.20 Å². The molecule has 1 aromatic carbocycles. The van der Waals surface area contributed by atoms with Gasteiger partial charge in [-0.15, -0.1) is 0 Å². The minimum absolute atomic E-state index is 0.0265. The highest BCUT2D eigenvalue weighted by molar-refractivity contribution is 6.01. The molecule has 88 valence electrons. The fourth-order valence-electron chi connectivity index (χ4n) is 1.51. The molecular weight excluding hydrogens is 212 g/mol. The molecule has 1 amide bonds. The van der Waals surface area contributed by atoms with Crippen molar-refractivity contribution in [1.29, 1.82) is 0 Å². The van der Waals surface area contributed by atoms with Gasteiger partial charge in [-0.2, -0.15) is 0 Å². The van der Waals surface area contributed by atoms with Gasteiger partial charge in [0.05, 0.1) is 0 Å². The third kappa shape index (κ3) is 2.44. The molecule has 1 N–H and O–H groups in total. The van der Waals surface area contributed by atoms with Gasteiger partial charge >= 0.3 is 0 Å². The number of amides is 1. The van der Waals surface area contributed by atoms with Crippen molar-refractivity contribution >= 4 is 22.5 Å². The number of fused-ring (bicyclic) bond motifs is 1. The molecular formula is C14H16N2O. The highest BCUT2D eigenvalue weighted by Gasteiger charge is 2.22. The Bertz CT molecular complexity index is 550. The summed E-state index contributed by atoms with van der Waals surface area (Å²) in [4.78, 5) is 16.2. The molecule has 0 aliphatic carbocycles. The lowest BCUT2D eigenvalue weighted by atomic mass is 9.95. The van der Waals surface area contributed by atoms with E-state index in [0.717, 1.165) is 10.8 Å². The first-order chi connectivity index (χ1) is 7.98. The summed E-state index contributed by atoms with van der Waals surface area (Å²) in [5, 5.41) is 4.92. The van der Waals surface area contributed by atoms with Crippen LogP contribution in [-0.4, -0.2) is 10.9 Å². The maximum atomic E-state index is 11.9. The Morgan fingerprint density at radius 2 is 1.88 bits per heavy atom. The molecule has 0 spiro atoms. The van der Waals surface area contributed by atoms with E-state index in [9.17, 15) is 4.79 Å². The van der Waals surface area contributed by atoms with Crippen LogP contribution in [0, 0.1) is 5.41 Å². The summed E-state index contributed by atoms with van der Waals surface area (Å²) in [5.41, 5.74) is -0.418. The van der Waals surface area contributed by atoms with Crippen LogP contribution < -0.4 is 5.32 Å². The molecule has 3 nitrogen and oxygen atoms in total. The number of pyridine rings is 1. The van der Waals surface area contributed by atoms with Gasteiger partial charge in [-0.25, -0.2) is 4.98 Å². The zero-order chi connectivity index (χ0) is 12.5. The number of hydrogen-bond acceptors (Lipinski definition) is 2. The number of rotatable bonds is 1. The van der Waals surface area contributed by atoms with Crippen LogP contribution >= 0.6 is 0 Å². The monoisotopic (exact) mass is 228 g/mol. The second-order valence-electron chi connectivity index (χ2n) is 5.08. The molecule has 0 aliphatic heterocycles. The third-order valence-corrected chi connectivity index (χ3v) is 2.59. The van der Waals surface area contributed by atoms with E-state index < -0.39 is 5.41 Å². The van der Waals surface area contributed by atoms with Crippen molar-refractivity contribution in [1.82, 2.24) is 4.98 Å². The second kappa shape index (κ2) is 4.17. The SMILES string of the molecule is CC(C)(C)C(=O)Nc1nccc2ccccc12. The van der Waals surface area contributed by atoms with Gasteiger partial charge in [-0.3, -0.25) is 4.79 Å². The molecule has 0 atom stereocenters. The van der Waals surface area contributed by atoms with E-state index >= 15 is 0 Å². The summed E-state index contributed by atoms with van der Waals surface area (Å²) in [6.45, 7) is 5.65. The largest absolute Gasteiger partial charge is 0.310 e. The second-order valence-corrected chi connectivity index (χ2v) is 5.08. The van der Waals surface area contributed by atoms with Crippen LogP contribution in [0.4, 0.5) is 5.82 Å². The van der Waals surface area contributed by atoms with Crippen LogP contribution in [0.5, 0.6) is 0 Å². The molecule has 0 saturated carbocycles. The predicted molar refractivity (Wildman–Crippen MR) is 69.8 cm³/mol. The number of nitrogens with zero attached hydrogens (tertiary/aromatic N) is 1. The van der Waals surface area contributed by atoms with E-state index in [0.29, 0.717) is 5.82 Å². The molecule has 0 unspecified atom stereocenters. The van der Waals surface area contributed by atoms with Gasteiger partial charge in [0.25, 0.3) is 0 Å². The Hall–Kier alpha value is -1.90. The van der Waals surface area contributed by atoms with E-state index in [2.05, 4.69) is 10.3 Å². The molecule has 0 bridgehead atoms. The molecule has 2 aromatic rings. The number of benzene rings is 1. The quantitative estimate of drug-likeness (QED) is 0.814. The molecule has 1 aromatic heterocycles. The summed E-state index contributed by atoms with van der Waals surface area (Å²) in [5.74, 6) is 0.601. The summed E-state index contributed by atoms with van der Waals surface area (Å²) in [7, 11) is 0. The zero-order valence-electron chi connectivity index (χ0n) is 10.3. The van der Waals surface area contributed by atoms with Gasteiger partial charge in [0.15, 0.2) is 0 Å². The number of aromatic nitrogens is 1. The molecule has 0 radical (unpaired) electrons. The minimum atomic E-state index is -0.418. The van der Waals surface area contributed by atoms with Gasteiger partial charge < -0.3 is 5.32 Å². The van der Waals surface area contributed by atoms with Gasteiger partial charge in [0.2, 0.25) is 5.91 Å². The van der Waals surface area contributed by atoms with E-state index in [-0.39, 0.29) is 5.91 Å². The number of hydrogen-bond donors (Lipinski definition) is 1. The Balaban J connectivity index is 2.40. The van der Waals surface area contributed by atoms with Crippen molar-refractivity contribution in [2.24, 2.45) is 5.41 Å². The van der Waals surface area contributed by atoms with Gasteiger partial charge in [-0.05, 0) is 11.5 Å².